The van der Waals surface area contributed by atoms with Crippen molar-refractivity contribution in [2.24, 2.45) is 35.5 Å². The highest BCUT2D eigenvalue weighted by molar-refractivity contribution is 7.43. The van der Waals surface area contributed by atoms with Gasteiger partial charge in [0.15, 0.2) is 0 Å². The quantitative estimate of drug-likeness (QED) is 0.158. The van der Waals surface area contributed by atoms with E-state index in [9.17, 15) is 0 Å². The van der Waals surface area contributed by atoms with E-state index in [0.29, 0.717) is 61.2 Å². The summed E-state index contributed by atoms with van der Waals surface area (Å²) in [6.07, 6.45) is 9.29. The van der Waals surface area contributed by atoms with E-state index in [1.807, 2.05) is 0 Å². The highest BCUT2D eigenvalue weighted by Gasteiger charge is 2.41. The number of hydrogen-bond acceptors (Lipinski definition) is 6. The van der Waals surface area contributed by atoms with E-state index < -0.39 is 17.2 Å². The van der Waals surface area contributed by atoms with Crippen LogP contribution < -0.4 is 18.1 Å². The molecule has 12 bridgehead atoms. The van der Waals surface area contributed by atoms with Gasteiger partial charge in [0.1, 0.15) is 23.0 Å². The second-order valence-corrected chi connectivity index (χ2v) is 30.0. The Labute approximate surface area is 438 Å². The molecule has 0 unspecified atom stereocenters. The van der Waals surface area contributed by atoms with Crippen molar-refractivity contribution in [3.05, 3.63) is 115 Å². The van der Waals surface area contributed by atoms with Gasteiger partial charge in [-0.15, -0.1) is 0 Å². The Hall–Kier alpha value is -3.14. The summed E-state index contributed by atoms with van der Waals surface area (Å²) in [6, 6.07) is 19.4. The standard InChI is InChI=1S/C64H90O6P2/c1-37(2)53-21-19-39(5)23-55(53)65-71-67-57-41-25-42-30-50(62(10,11)12)34-46(58(42)68-71)28-48-36-52(64(16,17)18)32-44-26-43-31-51(63(13,14)15)35-47(27-45(57)33-49(29-41)61(7,8)9)59(43)69-72(70-60(44)48)66-56-24-40(6)20-22-54(56)38(3)4/h29-40,53-56H,19-28H2,1-18H3/t39-,40-,53+,54+,55-,56-,71?,72?/m1/s1. The van der Waals surface area contributed by atoms with Crippen LogP contribution in [-0.4, -0.2) is 12.2 Å². The summed E-state index contributed by atoms with van der Waals surface area (Å²) in [6.45, 7) is 42.2. The van der Waals surface area contributed by atoms with E-state index in [1.165, 1.54) is 57.3 Å². The molecule has 11 rings (SSSR count). The molecule has 392 valence electrons. The van der Waals surface area contributed by atoms with Crippen molar-refractivity contribution in [3.8, 4) is 23.0 Å². The van der Waals surface area contributed by atoms with Gasteiger partial charge in [-0.3, -0.25) is 9.05 Å². The zero-order chi connectivity index (χ0) is 52.0. The van der Waals surface area contributed by atoms with Gasteiger partial charge in [-0.2, -0.15) is 0 Å². The first-order chi connectivity index (χ1) is 33.6. The van der Waals surface area contributed by atoms with Crippen molar-refractivity contribution in [2.45, 2.75) is 223 Å². The van der Waals surface area contributed by atoms with Crippen LogP contribution in [0.1, 0.15) is 230 Å². The molecule has 4 aromatic carbocycles. The van der Waals surface area contributed by atoms with Gasteiger partial charge in [-0.25, -0.2) is 0 Å². The summed E-state index contributed by atoms with van der Waals surface area (Å²) in [4.78, 5) is 0. The van der Waals surface area contributed by atoms with Crippen LogP contribution in [0.5, 0.6) is 23.0 Å². The van der Waals surface area contributed by atoms with Gasteiger partial charge in [0.2, 0.25) is 0 Å². The zero-order valence-corrected chi connectivity index (χ0v) is 49.4. The maximum atomic E-state index is 7.55. The first-order valence-corrected chi connectivity index (χ1v) is 30.1. The number of fused-ring (bicyclic) bond motifs is 4. The third-order valence-corrected chi connectivity index (χ3v) is 19.2. The monoisotopic (exact) mass is 1020 g/mol. The molecule has 6 atom stereocenters. The molecule has 0 aromatic heterocycles. The fourth-order valence-electron chi connectivity index (χ4n) is 12.2. The summed E-state index contributed by atoms with van der Waals surface area (Å²) >= 11 is 0. The molecule has 3 aliphatic carbocycles. The minimum Gasteiger partial charge on any atom is -0.417 e. The molecule has 2 saturated carbocycles. The zero-order valence-electron chi connectivity index (χ0n) is 47.7. The highest BCUT2D eigenvalue weighted by atomic mass is 31.2. The van der Waals surface area contributed by atoms with Gasteiger partial charge in [0, 0.05) is 25.7 Å². The van der Waals surface area contributed by atoms with E-state index >= 15 is 0 Å². The van der Waals surface area contributed by atoms with Crippen LogP contribution in [0.4, 0.5) is 0 Å². The lowest BCUT2D eigenvalue weighted by molar-refractivity contribution is 0.0390. The van der Waals surface area contributed by atoms with Crippen molar-refractivity contribution >= 4 is 17.2 Å². The molecule has 4 aromatic rings. The Morgan fingerprint density at radius 1 is 0.389 bits per heavy atom. The first-order valence-electron chi connectivity index (χ1n) is 27.9. The molecule has 0 radical (unpaired) electrons. The molecule has 4 aliphatic heterocycles. The Morgan fingerprint density at radius 3 is 0.806 bits per heavy atom. The van der Waals surface area contributed by atoms with E-state index in [-0.39, 0.29) is 33.9 Å². The van der Waals surface area contributed by atoms with Crippen LogP contribution in [0.15, 0.2) is 48.5 Å². The minimum atomic E-state index is -1.90. The number of benzene rings is 4. The Morgan fingerprint density at radius 2 is 0.611 bits per heavy atom. The molecule has 4 heterocycles. The summed E-state index contributed by atoms with van der Waals surface area (Å²) in [7, 11) is -3.80. The summed E-state index contributed by atoms with van der Waals surface area (Å²) in [5.41, 5.74) is 13.9. The van der Waals surface area contributed by atoms with Crippen LogP contribution in [0.25, 0.3) is 0 Å². The maximum absolute atomic E-state index is 7.55. The smallest absolute Gasteiger partial charge is 0.417 e. The lowest BCUT2D eigenvalue weighted by Gasteiger charge is -2.39. The molecule has 0 N–H and O–H groups in total. The summed E-state index contributed by atoms with van der Waals surface area (Å²) in [5, 5.41) is 0. The van der Waals surface area contributed by atoms with Crippen LogP contribution in [0, 0.1) is 35.5 Å². The second-order valence-electron chi connectivity index (χ2n) is 28.0. The van der Waals surface area contributed by atoms with E-state index in [0.717, 1.165) is 70.9 Å². The normalized spacial score (nSPS) is 24.1. The van der Waals surface area contributed by atoms with Crippen molar-refractivity contribution in [1.29, 1.82) is 0 Å². The predicted molar refractivity (Wildman–Crippen MR) is 301 cm³/mol. The van der Waals surface area contributed by atoms with Crippen LogP contribution in [0.3, 0.4) is 0 Å². The molecular weight excluding hydrogens is 927 g/mol. The lowest BCUT2D eigenvalue weighted by atomic mass is 9.75. The Balaban J connectivity index is 1.37. The van der Waals surface area contributed by atoms with Gasteiger partial charge >= 0.3 is 17.2 Å². The van der Waals surface area contributed by atoms with Gasteiger partial charge < -0.3 is 18.1 Å². The fourth-order valence-corrected chi connectivity index (χ4v) is 14.9. The molecule has 6 nitrogen and oxygen atoms in total. The molecule has 0 spiro atoms. The van der Waals surface area contributed by atoms with Gasteiger partial charge in [0.25, 0.3) is 0 Å². The largest absolute Gasteiger partial charge is 0.463 e. The van der Waals surface area contributed by atoms with E-state index in [1.54, 1.807) is 0 Å². The molecule has 2 fully saturated rings. The van der Waals surface area contributed by atoms with Crippen molar-refractivity contribution in [1.82, 2.24) is 0 Å². The topological polar surface area (TPSA) is 55.4 Å². The Kier molecular flexibility index (Phi) is 15.0. The van der Waals surface area contributed by atoms with Gasteiger partial charge in [-0.05, 0) is 150 Å². The molecule has 0 amide bonds. The molecular formula is C64H90O6P2. The van der Waals surface area contributed by atoms with Crippen molar-refractivity contribution < 1.29 is 27.1 Å². The van der Waals surface area contributed by atoms with Crippen LogP contribution >= 0.6 is 17.2 Å². The van der Waals surface area contributed by atoms with E-state index in [2.05, 4.69) is 173 Å². The summed E-state index contributed by atoms with van der Waals surface area (Å²) in [5.74, 6) is 6.47. The molecule has 72 heavy (non-hydrogen) atoms. The predicted octanol–water partition coefficient (Wildman–Crippen LogP) is 18.5. The van der Waals surface area contributed by atoms with E-state index in [4.69, 9.17) is 27.1 Å². The average Bonchev–Trinajstić information content (AvgIpc) is 3.23. The first kappa shape index (κ1) is 53.7. The van der Waals surface area contributed by atoms with Crippen molar-refractivity contribution in [2.75, 3.05) is 0 Å². The maximum Gasteiger partial charge on any atom is 0.463 e. The SMILES string of the molecule is CC(C)[C@@H]1CC[C@@H](C)C[C@H]1OP1Oc2c3cc(C(C)(C)C)cc2Cc2cc(C(C)(C)C)cc4c2OP(O[C@@H]2C[C@H](C)CC[C@H]2C(C)C)Oc2c(cc(C(C)(C)C)cc2Cc2cc(C(C)(C)C)cc(c2O1)C3)C4. The molecule has 0 saturated heterocycles. The van der Waals surface area contributed by atoms with Crippen LogP contribution in [-0.2, 0) is 56.4 Å². The number of hydrogen-bond donors (Lipinski definition) is 0. The summed E-state index contributed by atoms with van der Waals surface area (Å²) < 4.78 is 45.1. The average molecular weight is 1020 g/mol. The molecule has 8 heteroatoms. The fraction of sp³-hybridized carbons (Fsp3) is 0.625. The Bertz CT molecular complexity index is 2310. The lowest BCUT2D eigenvalue weighted by Crippen LogP contribution is -2.34. The second kappa shape index (κ2) is 20.1. The van der Waals surface area contributed by atoms with Crippen LogP contribution in [0.2, 0.25) is 0 Å². The molecule has 7 aliphatic rings. The van der Waals surface area contributed by atoms with Gasteiger partial charge in [-0.1, -0.05) is 186 Å². The van der Waals surface area contributed by atoms with Crippen molar-refractivity contribution in [3.63, 3.8) is 0 Å². The highest BCUT2D eigenvalue weighted by Crippen LogP contribution is 2.57. The minimum absolute atomic E-state index is 0.0238. The number of rotatable bonds is 6. The van der Waals surface area contributed by atoms with Gasteiger partial charge in [0.05, 0.1) is 12.2 Å². The third kappa shape index (κ3) is 11.5. The third-order valence-electron chi connectivity index (χ3n) is 17.0.